The number of halogens is 4. The highest BCUT2D eigenvalue weighted by molar-refractivity contribution is 9.10. The van der Waals surface area contributed by atoms with E-state index in [-0.39, 0.29) is 6.42 Å². The average molecular weight is 282 g/mol. The van der Waals surface area contributed by atoms with Crippen LogP contribution in [0.25, 0.3) is 0 Å². The lowest BCUT2D eigenvalue weighted by Gasteiger charge is -2.20. The molecule has 1 aromatic rings. The van der Waals surface area contributed by atoms with E-state index in [0.29, 0.717) is 10.0 Å². The van der Waals surface area contributed by atoms with Crippen LogP contribution in [0.1, 0.15) is 5.56 Å². The fraction of sp³-hybridized carbons (Fsp3) is 0.400. The van der Waals surface area contributed by atoms with Gasteiger partial charge in [0.05, 0.1) is 0 Å². The third-order valence-corrected chi connectivity index (χ3v) is 2.90. The summed E-state index contributed by atoms with van der Waals surface area (Å²) in [7, 11) is 1.31. The SMILES string of the molecule is CNC(Cc1ccccc1Br)C(F)(F)F. The quantitative estimate of drug-likeness (QED) is 0.898. The molecule has 1 rings (SSSR count). The second-order valence-electron chi connectivity index (χ2n) is 3.18. The van der Waals surface area contributed by atoms with E-state index in [1.807, 2.05) is 0 Å². The Morgan fingerprint density at radius 1 is 1.33 bits per heavy atom. The van der Waals surface area contributed by atoms with Crippen LogP contribution in [0.15, 0.2) is 28.7 Å². The summed E-state index contributed by atoms with van der Waals surface area (Å²) in [6, 6.07) is 5.41. The first-order valence-electron chi connectivity index (χ1n) is 4.42. The van der Waals surface area contributed by atoms with E-state index in [4.69, 9.17) is 0 Å². The van der Waals surface area contributed by atoms with Crippen molar-refractivity contribution < 1.29 is 13.2 Å². The Kier molecular flexibility index (Phi) is 4.16. The first-order chi connectivity index (χ1) is 6.95. The first kappa shape index (κ1) is 12.5. The van der Waals surface area contributed by atoms with Gasteiger partial charge in [0.1, 0.15) is 6.04 Å². The maximum absolute atomic E-state index is 12.5. The van der Waals surface area contributed by atoms with Crippen LogP contribution in [0.5, 0.6) is 0 Å². The van der Waals surface area contributed by atoms with Crippen molar-refractivity contribution in [1.29, 1.82) is 0 Å². The van der Waals surface area contributed by atoms with Gasteiger partial charge in [0.2, 0.25) is 0 Å². The molecule has 0 spiro atoms. The van der Waals surface area contributed by atoms with Crippen molar-refractivity contribution in [3.63, 3.8) is 0 Å². The molecule has 1 N–H and O–H groups in total. The molecule has 0 aliphatic rings. The van der Waals surface area contributed by atoms with E-state index < -0.39 is 12.2 Å². The van der Waals surface area contributed by atoms with E-state index in [1.54, 1.807) is 24.3 Å². The number of nitrogens with one attached hydrogen (secondary N) is 1. The van der Waals surface area contributed by atoms with Gasteiger partial charge < -0.3 is 5.32 Å². The second-order valence-corrected chi connectivity index (χ2v) is 4.03. The molecule has 0 aromatic heterocycles. The van der Waals surface area contributed by atoms with E-state index in [1.165, 1.54) is 7.05 Å². The molecule has 0 aliphatic heterocycles. The number of alkyl halides is 3. The van der Waals surface area contributed by atoms with E-state index in [9.17, 15) is 13.2 Å². The molecule has 5 heteroatoms. The molecule has 1 nitrogen and oxygen atoms in total. The van der Waals surface area contributed by atoms with Gasteiger partial charge in [0, 0.05) is 4.47 Å². The lowest BCUT2D eigenvalue weighted by Crippen LogP contribution is -2.41. The Balaban J connectivity index is 2.80. The molecule has 0 radical (unpaired) electrons. The lowest BCUT2D eigenvalue weighted by molar-refractivity contribution is -0.154. The molecule has 0 fully saturated rings. The van der Waals surface area contributed by atoms with E-state index in [2.05, 4.69) is 21.2 Å². The molecule has 0 saturated heterocycles. The van der Waals surface area contributed by atoms with Crippen LogP contribution in [0.2, 0.25) is 0 Å². The fourth-order valence-electron chi connectivity index (χ4n) is 1.27. The Morgan fingerprint density at radius 2 is 1.93 bits per heavy atom. The zero-order valence-electron chi connectivity index (χ0n) is 8.11. The van der Waals surface area contributed by atoms with Gasteiger partial charge in [-0.3, -0.25) is 0 Å². The Morgan fingerprint density at radius 3 is 2.40 bits per heavy atom. The van der Waals surface area contributed by atoms with Crippen molar-refractivity contribution in [3.8, 4) is 0 Å². The van der Waals surface area contributed by atoms with Crippen LogP contribution < -0.4 is 5.32 Å². The average Bonchev–Trinajstić information content (AvgIpc) is 2.14. The molecule has 0 heterocycles. The van der Waals surface area contributed by atoms with E-state index in [0.717, 1.165) is 0 Å². The summed E-state index contributed by atoms with van der Waals surface area (Å²) in [4.78, 5) is 0. The molecule has 84 valence electrons. The van der Waals surface area contributed by atoms with Gasteiger partial charge in [-0.05, 0) is 25.1 Å². The number of rotatable bonds is 3. The van der Waals surface area contributed by atoms with Gasteiger partial charge in [0.25, 0.3) is 0 Å². The highest BCUT2D eigenvalue weighted by Crippen LogP contribution is 2.25. The first-order valence-corrected chi connectivity index (χ1v) is 5.22. The van der Waals surface area contributed by atoms with Crippen LogP contribution in [0, 0.1) is 0 Å². The van der Waals surface area contributed by atoms with Gasteiger partial charge in [-0.1, -0.05) is 34.1 Å². The number of likely N-dealkylation sites (N-methyl/N-ethyl adjacent to an activating group) is 1. The zero-order valence-corrected chi connectivity index (χ0v) is 9.69. The predicted octanol–water partition coefficient (Wildman–Crippen LogP) is 3.14. The maximum Gasteiger partial charge on any atom is 0.404 e. The van der Waals surface area contributed by atoms with Crippen molar-refractivity contribution in [2.75, 3.05) is 7.05 Å². The summed E-state index contributed by atoms with van der Waals surface area (Å²) < 4.78 is 38.1. The molecule has 0 amide bonds. The van der Waals surface area contributed by atoms with Crippen LogP contribution >= 0.6 is 15.9 Å². The van der Waals surface area contributed by atoms with Gasteiger partial charge in [-0.2, -0.15) is 13.2 Å². The summed E-state index contributed by atoms with van der Waals surface area (Å²) >= 11 is 3.23. The molecule has 0 saturated carbocycles. The Bertz CT molecular complexity index is 325. The van der Waals surface area contributed by atoms with Crippen LogP contribution in [0.4, 0.5) is 13.2 Å². The predicted molar refractivity (Wildman–Crippen MR) is 56.7 cm³/mol. The second kappa shape index (κ2) is 4.99. The molecule has 0 aliphatic carbocycles. The summed E-state index contributed by atoms with van der Waals surface area (Å²) in [5.74, 6) is 0. The van der Waals surface area contributed by atoms with Crippen LogP contribution in [0.3, 0.4) is 0 Å². The number of hydrogen-bond acceptors (Lipinski definition) is 1. The summed E-state index contributed by atoms with van der Waals surface area (Å²) in [5.41, 5.74) is 0.647. The maximum atomic E-state index is 12.5. The summed E-state index contributed by atoms with van der Waals surface area (Å²) in [6.07, 6.45) is -4.29. The van der Waals surface area contributed by atoms with Gasteiger partial charge in [-0.15, -0.1) is 0 Å². The molecule has 1 atom stereocenters. The summed E-state index contributed by atoms with van der Waals surface area (Å²) in [6.45, 7) is 0. The third kappa shape index (κ3) is 3.50. The monoisotopic (exact) mass is 281 g/mol. The Labute approximate surface area is 94.8 Å². The van der Waals surface area contributed by atoms with Gasteiger partial charge in [-0.25, -0.2) is 0 Å². The van der Waals surface area contributed by atoms with Gasteiger partial charge >= 0.3 is 6.18 Å². The molecule has 1 aromatic carbocycles. The molecule has 15 heavy (non-hydrogen) atoms. The smallest absolute Gasteiger partial charge is 0.309 e. The highest BCUT2D eigenvalue weighted by atomic mass is 79.9. The molecule has 1 unspecified atom stereocenters. The minimum atomic E-state index is -4.22. The molecular weight excluding hydrogens is 271 g/mol. The number of hydrogen-bond donors (Lipinski definition) is 1. The van der Waals surface area contributed by atoms with Crippen LogP contribution in [-0.4, -0.2) is 19.3 Å². The van der Waals surface area contributed by atoms with Crippen molar-refractivity contribution in [2.45, 2.75) is 18.6 Å². The number of benzene rings is 1. The minimum absolute atomic E-state index is 0.0680. The van der Waals surface area contributed by atoms with Crippen molar-refractivity contribution >= 4 is 15.9 Å². The minimum Gasteiger partial charge on any atom is -0.309 e. The molecule has 0 bridgehead atoms. The normalized spacial score (nSPS) is 13.9. The fourth-order valence-corrected chi connectivity index (χ4v) is 1.71. The highest BCUT2D eigenvalue weighted by Gasteiger charge is 2.38. The van der Waals surface area contributed by atoms with Gasteiger partial charge in [0.15, 0.2) is 0 Å². The standard InChI is InChI=1S/C10H11BrF3N/c1-15-9(10(12,13)14)6-7-4-2-3-5-8(7)11/h2-5,9,15H,6H2,1H3. The Hall–Kier alpha value is -0.550. The van der Waals surface area contributed by atoms with Crippen molar-refractivity contribution in [1.82, 2.24) is 5.32 Å². The van der Waals surface area contributed by atoms with Crippen molar-refractivity contribution in [3.05, 3.63) is 34.3 Å². The largest absolute Gasteiger partial charge is 0.404 e. The van der Waals surface area contributed by atoms with Crippen LogP contribution in [-0.2, 0) is 6.42 Å². The zero-order chi connectivity index (χ0) is 11.5. The summed E-state index contributed by atoms with van der Waals surface area (Å²) in [5, 5.41) is 2.27. The molecular formula is C10H11BrF3N. The third-order valence-electron chi connectivity index (χ3n) is 2.13. The lowest BCUT2D eigenvalue weighted by atomic mass is 10.1. The van der Waals surface area contributed by atoms with Crippen molar-refractivity contribution in [2.24, 2.45) is 0 Å². The topological polar surface area (TPSA) is 12.0 Å². The van der Waals surface area contributed by atoms with E-state index >= 15 is 0 Å².